The fourth-order valence-corrected chi connectivity index (χ4v) is 1.36. The van der Waals surface area contributed by atoms with Gasteiger partial charge in [-0.05, 0) is 25.8 Å². The molecular weight excluding hydrogens is 126 g/mol. The third kappa shape index (κ3) is 1.82. The van der Waals surface area contributed by atoms with Gasteiger partial charge >= 0.3 is 0 Å². The van der Waals surface area contributed by atoms with Gasteiger partial charge in [-0.3, -0.25) is 0 Å². The Balaban J connectivity index is 2.32. The zero-order valence-electron chi connectivity index (χ0n) is 6.21. The number of aliphatic hydroxyl groups excluding tert-OH is 1. The van der Waals surface area contributed by atoms with Crippen molar-refractivity contribution in [3.8, 4) is 0 Å². The summed E-state index contributed by atoms with van der Waals surface area (Å²) in [5, 5.41) is 12.6. The molecule has 0 amide bonds. The Kier molecular flexibility index (Phi) is 2.90. The molecule has 0 aromatic rings. The minimum Gasteiger partial charge on any atom is -0.391 e. The Morgan fingerprint density at radius 3 is 3.10 bits per heavy atom. The van der Waals surface area contributed by atoms with Crippen molar-refractivity contribution in [1.82, 2.24) is 5.32 Å². The van der Waals surface area contributed by atoms with Crippen LogP contribution in [0.5, 0.6) is 0 Å². The summed E-state index contributed by atoms with van der Waals surface area (Å²) in [6.07, 6.45) is 4.60. The molecule has 0 aliphatic carbocycles. The molecule has 1 rings (SSSR count). The maximum Gasteiger partial charge on any atom is 0.0696 e. The van der Waals surface area contributed by atoms with Crippen molar-refractivity contribution in [3.63, 3.8) is 0 Å². The first-order chi connectivity index (χ1) is 4.84. The summed E-state index contributed by atoms with van der Waals surface area (Å²) in [6.45, 7) is 4.68. The van der Waals surface area contributed by atoms with Crippen LogP contribution in [-0.4, -0.2) is 23.8 Å². The zero-order valence-corrected chi connectivity index (χ0v) is 6.21. The van der Waals surface area contributed by atoms with Crippen molar-refractivity contribution < 1.29 is 5.11 Å². The van der Waals surface area contributed by atoms with E-state index in [1.54, 1.807) is 0 Å². The van der Waals surface area contributed by atoms with Crippen molar-refractivity contribution in [1.29, 1.82) is 0 Å². The van der Waals surface area contributed by atoms with Gasteiger partial charge in [-0.1, -0.05) is 6.08 Å². The molecule has 0 aromatic carbocycles. The lowest BCUT2D eigenvalue weighted by atomic mass is 9.99. The van der Waals surface area contributed by atoms with E-state index in [2.05, 4.69) is 11.9 Å². The van der Waals surface area contributed by atoms with Gasteiger partial charge in [-0.15, -0.1) is 6.58 Å². The second-order valence-electron chi connectivity index (χ2n) is 2.79. The van der Waals surface area contributed by atoms with Gasteiger partial charge in [0, 0.05) is 6.04 Å². The predicted molar refractivity (Wildman–Crippen MR) is 41.8 cm³/mol. The van der Waals surface area contributed by atoms with E-state index in [0.29, 0.717) is 0 Å². The summed E-state index contributed by atoms with van der Waals surface area (Å²) in [6, 6.07) is 0.256. The highest BCUT2D eigenvalue weighted by molar-refractivity contribution is 4.86. The quantitative estimate of drug-likeness (QED) is 0.554. The summed E-state index contributed by atoms with van der Waals surface area (Å²) < 4.78 is 0. The molecule has 1 aliphatic heterocycles. The van der Waals surface area contributed by atoms with Crippen LogP contribution < -0.4 is 5.32 Å². The van der Waals surface area contributed by atoms with Crippen molar-refractivity contribution in [2.75, 3.05) is 6.54 Å². The molecular formula is C8H15NO. The first-order valence-corrected chi connectivity index (χ1v) is 3.87. The number of aliphatic hydroxyl groups is 1. The molecule has 1 saturated heterocycles. The Bertz CT molecular complexity index is 114. The molecule has 58 valence electrons. The molecule has 2 atom stereocenters. The first-order valence-electron chi connectivity index (χ1n) is 3.87. The van der Waals surface area contributed by atoms with Gasteiger partial charge in [-0.2, -0.15) is 0 Å². The predicted octanol–water partition coefficient (Wildman–Crippen LogP) is 0.675. The van der Waals surface area contributed by atoms with E-state index in [1.165, 1.54) is 0 Å². The van der Waals surface area contributed by atoms with Gasteiger partial charge in [0.25, 0.3) is 0 Å². The Morgan fingerprint density at radius 1 is 1.70 bits per heavy atom. The normalized spacial score (nSPS) is 33.7. The van der Waals surface area contributed by atoms with Gasteiger partial charge in [-0.25, -0.2) is 0 Å². The number of rotatable bonds is 2. The molecule has 10 heavy (non-hydrogen) atoms. The van der Waals surface area contributed by atoms with Crippen LogP contribution in [0, 0.1) is 0 Å². The molecule has 2 N–H and O–H groups in total. The molecule has 2 heteroatoms. The molecule has 0 saturated carbocycles. The summed E-state index contributed by atoms with van der Waals surface area (Å²) in [5.74, 6) is 0. The van der Waals surface area contributed by atoms with Crippen LogP contribution in [0.3, 0.4) is 0 Å². The number of piperidine rings is 1. The average molecular weight is 141 g/mol. The average Bonchev–Trinajstić information content (AvgIpc) is 1.94. The van der Waals surface area contributed by atoms with E-state index in [9.17, 15) is 5.11 Å². The molecule has 2 unspecified atom stereocenters. The molecule has 0 radical (unpaired) electrons. The van der Waals surface area contributed by atoms with Crippen LogP contribution in [0.25, 0.3) is 0 Å². The van der Waals surface area contributed by atoms with E-state index in [4.69, 9.17) is 0 Å². The van der Waals surface area contributed by atoms with Crippen LogP contribution >= 0.6 is 0 Å². The summed E-state index contributed by atoms with van der Waals surface area (Å²) in [5.41, 5.74) is 0. The smallest absolute Gasteiger partial charge is 0.0696 e. The zero-order chi connectivity index (χ0) is 7.40. The topological polar surface area (TPSA) is 32.3 Å². The van der Waals surface area contributed by atoms with Gasteiger partial charge in [0.05, 0.1) is 6.10 Å². The van der Waals surface area contributed by atoms with Crippen molar-refractivity contribution in [2.45, 2.75) is 31.4 Å². The minimum atomic E-state index is -0.160. The second kappa shape index (κ2) is 3.74. The second-order valence-corrected chi connectivity index (χ2v) is 2.79. The van der Waals surface area contributed by atoms with Crippen LogP contribution in [0.1, 0.15) is 19.3 Å². The lowest BCUT2D eigenvalue weighted by Crippen LogP contribution is -2.44. The summed E-state index contributed by atoms with van der Waals surface area (Å²) in [7, 11) is 0. The van der Waals surface area contributed by atoms with Crippen LogP contribution in [0.2, 0.25) is 0 Å². The van der Waals surface area contributed by atoms with E-state index in [0.717, 1.165) is 25.8 Å². The monoisotopic (exact) mass is 141 g/mol. The first kappa shape index (κ1) is 7.76. The van der Waals surface area contributed by atoms with Crippen molar-refractivity contribution in [3.05, 3.63) is 12.7 Å². The number of hydrogen-bond donors (Lipinski definition) is 2. The van der Waals surface area contributed by atoms with Crippen molar-refractivity contribution in [2.24, 2.45) is 0 Å². The highest BCUT2D eigenvalue weighted by Gasteiger charge is 2.20. The van der Waals surface area contributed by atoms with E-state index >= 15 is 0 Å². The molecule has 1 heterocycles. The van der Waals surface area contributed by atoms with E-state index < -0.39 is 0 Å². The Labute approximate surface area is 61.9 Å². The van der Waals surface area contributed by atoms with Gasteiger partial charge < -0.3 is 10.4 Å². The molecule has 1 fully saturated rings. The van der Waals surface area contributed by atoms with E-state index in [1.807, 2.05) is 6.08 Å². The molecule has 2 nitrogen and oxygen atoms in total. The standard InChI is InChI=1S/C8H15NO/c1-2-4-7-8(10)5-3-6-9-7/h2,7-10H,1,3-6H2. The van der Waals surface area contributed by atoms with Crippen LogP contribution in [0.4, 0.5) is 0 Å². The Morgan fingerprint density at radius 2 is 2.50 bits per heavy atom. The SMILES string of the molecule is C=CCC1NCCCC1O. The maximum atomic E-state index is 9.39. The maximum absolute atomic E-state index is 9.39. The molecule has 0 bridgehead atoms. The van der Waals surface area contributed by atoms with Gasteiger partial charge in [0.1, 0.15) is 0 Å². The summed E-state index contributed by atoms with van der Waals surface area (Å²) in [4.78, 5) is 0. The van der Waals surface area contributed by atoms with Crippen LogP contribution in [0.15, 0.2) is 12.7 Å². The van der Waals surface area contributed by atoms with Gasteiger partial charge in [0.15, 0.2) is 0 Å². The molecule has 1 aliphatic rings. The third-order valence-corrected chi connectivity index (χ3v) is 1.97. The lowest BCUT2D eigenvalue weighted by molar-refractivity contribution is 0.0976. The number of hydrogen-bond acceptors (Lipinski definition) is 2. The van der Waals surface area contributed by atoms with Gasteiger partial charge in [0.2, 0.25) is 0 Å². The largest absolute Gasteiger partial charge is 0.391 e. The minimum absolute atomic E-state index is 0.160. The highest BCUT2D eigenvalue weighted by atomic mass is 16.3. The fourth-order valence-electron chi connectivity index (χ4n) is 1.36. The number of nitrogens with one attached hydrogen (secondary N) is 1. The van der Waals surface area contributed by atoms with E-state index in [-0.39, 0.29) is 12.1 Å². The van der Waals surface area contributed by atoms with Crippen molar-refractivity contribution >= 4 is 0 Å². The lowest BCUT2D eigenvalue weighted by Gasteiger charge is -2.27. The molecule has 0 aromatic heterocycles. The van der Waals surface area contributed by atoms with Crippen LogP contribution in [-0.2, 0) is 0 Å². The highest BCUT2D eigenvalue weighted by Crippen LogP contribution is 2.10. The Hall–Kier alpha value is -0.340. The third-order valence-electron chi connectivity index (χ3n) is 1.97. The molecule has 0 spiro atoms. The fraction of sp³-hybridized carbons (Fsp3) is 0.750. The summed E-state index contributed by atoms with van der Waals surface area (Å²) >= 11 is 0.